The van der Waals surface area contributed by atoms with Gasteiger partial charge in [0, 0.05) is 5.54 Å². The molecule has 0 spiro atoms. The minimum absolute atomic E-state index is 0.114. The van der Waals surface area contributed by atoms with Crippen LogP contribution in [-0.4, -0.2) is 68.7 Å². The van der Waals surface area contributed by atoms with E-state index < -0.39 is 8.72 Å². The summed E-state index contributed by atoms with van der Waals surface area (Å²) in [5, 5.41) is 0. The van der Waals surface area contributed by atoms with E-state index in [0.29, 0.717) is 0 Å². The molecule has 0 aliphatic carbocycles. The van der Waals surface area contributed by atoms with Crippen molar-refractivity contribution in [3.63, 3.8) is 0 Å². The van der Waals surface area contributed by atoms with Gasteiger partial charge < -0.3 is 0 Å². The average Bonchev–Trinajstić information content (AvgIpc) is 2.31. The van der Waals surface area contributed by atoms with Gasteiger partial charge in [0.25, 0.3) is 0 Å². The van der Waals surface area contributed by atoms with E-state index in [1.165, 1.54) is 0 Å². The molecule has 5 heteroatoms. The molecule has 110 valence electrons. The second kappa shape index (κ2) is 7.00. The van der Waals surface area contributed by atoms with Crippen molar-refractivity contribution in [2.75, 3.05) is 40.8 Å². The number of rotatable bonds is 7. The van der Waals surface area contributed by atoms with Crippen LogP contribution in [0.2, 0.25) is 0 Å². The van der Waals surface area contributed by atoms with E-state index in [9.17, 15) is 0 Å². The predicted molar refractivity (Wildman–Crippen MR) is 83.6 cm³/mol. The molecule has 0 radical (unpaired) electrons. The highest BCUT2D eigenvalue weighted by molar-refractivity contribution is 6.69. The van der Waals surface area contributed by atoms with Gasteiger partial charge in [-0.2, -0.15) is 0 Å². The highest BCUT2D eigenvalue weighted by Crippen LogP contribution is 2.17. The maximum absolute atomic E-state index is 3.94. The van der Waals surface area contributed by atoms with Crippen molar-refractivity contribution in [3.05, 3.63) is 0 Å². The van der Waals surface area contributed by atoms with Crippen LogP contribution in [0.15, 0.2) is 0 Å². The maximum Gasteiger partial charge on any atom is 0.373 e. The zero-order chi connectivity index (χ0) is 14.6. The fourth-order valence-electron chi connectivity index (χ4n) is 2.33. The molecule has 0 saturated heterocycles. The van der Waals surface area contributed by atoms with Gasteiger partial charge in [0.15, 0.2) is 0 Å². The topological polar surface area (TPSA) is 21.8 Å². The molecule has 0 atom stereocenters. The van der Waals surface area contributed by atoms with Crippen LogP contribution < -0.4 is 4.98 Å². The first kappa shape index (κ1) is 18.1. The van der Waals surface area contributed by atoms with E-state index >= 15 is 0 Å². The molecule has 0 fully saturated rings. The van der Waals surface area contributed by atoms with Crippen molar-refractivity contribution in [1.29, 1.82) is 0 Å². The third-order valence-corrected chi connectivity index (χ3v) is 8.79. The van der Waals surface area contributed by atoms with Crippen LogP contribution in [0.5, 0.6) is 0 Å². The lowest BCUT2D eigenvalue weighted by molar-refractivity contribution is 0.275. The summed E-state index contributed by atoms with van der Waals surface area (Å²) in [4.78, 5) is 3.94. The van der Waals surface area contributed by atoms with Gasteiger partial charge in [-0.3, -0.25) is 18.7 Å². The van der Waals surface area contributed by atoms with Gasteiger partial charge in [0.1, 0.15) is 0 Å². The summed E-state index contributed by atoms with van der Waals surface area (Å²) >= 11 is 0. The Kier molecular flexibility index (Phi) is 7.03. The monoisotopic (exact) mass is 274 g/mol. The Morgan fingerprint density at radius 3 is 1.22 bits per heavy atom. The van der Waals surface area contributed by atoms with Crippen molar-refractivity contribution in [2.45, 2.75) is 47.1 Å². The van der Waals surface area contributed by atoms with E-state index in [4.69, 9.17) is 0 Å². The third-order valence-electron chi connectivity index (χ3n) is 3.56. The quantitative estimate of drug-likeness (QED) is 0.713. The summed E-state index contributed by atoms with van der Waals surface area (Å²) in [7, 11) is 4.73. The molecule has 1 N–H and O–H groups in total. The summed E-state index contributed by atoms with van der Waals surface area (Å²) in [5.41, 5.74) is 0.114. The third kappa shape index (κ3) is 4.03. The first-order valence-corrected chi connectivity index (χ1v) is 8.92. The molecular weight excluding hydrogens is 240 g/mol. The summed E-state index contributed by atoms with van der Waals surface area (Å²) in [6.45, 7) is 16.6. The smallest absolute Gasteiger partial charge is 0.296 e. The minimum atomic E-state index is -1.99. The SMILES string of the molecule is CCN(C)[Si](NC(C)(C)C)(N(C)CC)N(C)CC. The Bertz CT molecular complexity index is 213. The van der Waals surface area contributed by atoms with Crippen molar-refractivity contribution >= 4 is 8.72 Å². The van der Waals surface area contributed by atoms with Gasteiger partial charge in [-0.05, 0) is 61.5 Å². The summed E-state index contributed by atoms with van der Waals surface area (Å²) in [6.07, 6.45) is 0. The normalized spacial score (nSPS) is 14.0. The predicted octanol–water partition coefficient (Wildman–Crippen LogP) is 1.67. The van der Waals surface area contributed by atoms with Crippen LogP contribution in [0.1, 0.15) is 41.5 Å². The first-order valence-electron chi connectivity index (χ1n) is 7.08. The molecule has 0 heterocycles. The molecule has 0 bridgehead atoms. The van der Waals surface area contributed by atoms with Gasteiger partial charge in [-0.25, -0.2) is 0 Å². The largest absolute Gasteiger partial charge is 0.373 e. The number of hydrogen-bond acceptors (Lipinski definition) is 4. The lowest BCUT2D eigenvalue weighted by atomic mass is 10.1. The minimum Gasteiger partial charge on any atom is -0.296 e. The lowest BCUT2D eigenvalue weighted by Crippen LogP contribution is -2.82. The highest BCUT2D eigenvalue weighted by atomic mass is 28.4. The van der Waals surface area contributed by atoms with E-state index in [0.717, 1.165) is 19.6 Å². The molecule has 0 aromatic carbocycles. The second-order valence-corrected chi connectivity index (χ2v) is 9.86. The molecule has 0 aromatic heterocycles. The van der Waals surface area contributed by atoms with Crippen molar-refractivity contribution < 1.29 is 0 Å². The average molecular weight is 275 g/mol. The molecule has 18 heavy (non-hydrogen) atoms. The lowest BCUT2D eigenvalue weighted by Gasteiger charge is -2.52. The fraction of sp³-hybridized carbons (Fsp3) is 1.00. The zero-order valence-electron chi connectivity index (χ0n) is 14.0. The van der Waals surface area contributed by atoms with Crippen LogP contribution in [0, 0.1) is 0 Å². The maximum atomic E-state index is 3.94. The van der Waals surface area contributed by atoms with Crippen LogP contribution in [0.4, 0.5) is 0 Å². The molecule has 0 aliphatic heterocycles. The Balaban J connectivity index is 5.54. The Morgan fingerprint density at radius 2 is 1.06 bits per heavy atom. The number of nitrogens with zero attached hydrogens (tertiary/aromatic N) is 3. The van der Waals surface area contributed by atoms with E-state index in [-0.39, 0.29) is 5.54 Å². The standard InChI is InChI=1S/C13H34N4Si/c1-10-15(7)18(16(8)11-2,17(9)12-3)14-13(4,5)6/h14H,10-12H2,1-9H3. The number of hydrogen-bond donors (Lipinski definition) is 1. The summed E-state index contributed by atoms with van der Waals surface area (Å²) in [6, 6.07) is 0. The van der Waals surface area contributed by atoms with Crippen LogP contribution >= 0.6 is 0 Å². The van der Waals surface area contributed by atoms with Crippen molar-refractivity contribution in [3.8, 4) is 0 Å². The van der Waals surface area contributed by atoms with Gasteiger partial charge >= 0.3 is 8.72 Å². The molecule has 0 unspecified atom stereocenters. The molecule has 0 amide bonds. The first-order chi connectivity index (χ1) is 8.15. The molecular formula is C13H34N4Si. The highest BCUT2D eigenvalue weighted by Gasteiger charge is 2.48. The fourth-order valence-corrected chi connectivity index (χ4v) is 6.98. The van der Waals surface area contributed by atoms with E-state index in [1.54, 1.807) is 0 Å². The van der Waals surface area contributed by atoms with Crippen molar-refractivity contribution in [2.24, 2.45) is 0 Å². The van der Waals surface area contributed by atoms with Crippen LogP contribution in [0.25, 0.3) is 0 Å². The zero-order valence-corrected chi connectivity index (χ0v) is 15.0. The molecule has 0 aliphatic rings. The Morgan fingerprint density at radius 1 is 0.778 bits per heavy atom. The van der Waals surface area contributed by atoms with E-state index in [1.807, 2.05) is 0 Å². The Labute approximate surface area is 116 Å². The molecule has 0 saturated carbocycles. The van der Waals surface area contributed by atoms with Gasteiger partial charge in [-0.15, -0.1) is 0 Å². The molecule has 0 aromatic rings. The Hall–Kier alpha value is 0.0569. The van der Waals surface area contributed by atoms with Gasteiger partial charge in [0.2, 0.25) is 0 Å². The van der Waals surface area contributed by atoms with Gasteiger partial charge in [-0.1, -0.05) is 20.8 Å². The second-order valence-electron chi connectivity index (χ2n) is 6.05. The van der Waals surface area contributed by atoms with Crippen molar-refractivity contribution in [1.82, 2.24) is 18.7 Å². The van der Waals surface area contributed by atoms with Crippen LogP contribution in [0.3, 0.4) is 0 Å². The summed E-state index contributed by atoms with van der Waals surface area (Å²) in [5.74, 6) is 0. The summed E-state index contributed by atoms with van der Waals surface area (Å²) < 4.78 is 7.52. The van der Waals surface area contributed by atoms with Gasteiger partial charge in [0.05, 0.1) is 0 Å². The molecule has 0 rings (SSSR count). The van der Waals surface area contributed by atoms with Crippen LogP contribution in [-0.2, 0) is 0 Å². The number of nitrogens with one attached hydrogen (secondary N) is 1. The van der Waals surface area contributed by atoms with E-state index in [2.05, 4.69) is 81.4 Å². The molecule has 4 nitrogen and oxygen atoms in total.